The third-order valence-corrected chi connectivity index (χ3v) is 11.9. The van der Waals surface area contributed by atoms with Crippen molar-refractivity contribution in [3.05, 3.63) is 65.7 Å². The van der Waals surface area contributed by atoms with Crippen molar-refractivity contribution in [2.45, 2.75) is 87.4 Å². The number of phenols is 1. The number of aromatic hydroxyl groups is 1. The maximum atomic E-state index is 11.4. The number of rotatable bonds is 4. The van der Waals surface area contributed by atoms with E-state index in [1.165, 1.54) is 92.9 Å². The van der Waals surface area contributed by atoms with Crippen molar-refractivity contribution in [1.82, 2.24) is 0 Å². The molecule has 2 saturated carbocycles. The minimum Gasteiger partial charge on any atom is -0.507 e. The number of thioether (sulfide) groups is 1. The van der Waals surface area contributed by atoms with Crippen LogP contribution in [0.1, 0.15) is 88.2 Å². The molecule has 4 aliphatic rings. The van der Waals surface area contributed by atoms with Crippen LogP contribution in [0.25, 0.3) is 21.9 Å². The van der Waals surface area contributed by atoms with Gasteiger partial charge in [0.05, 0.1) is 7.11 Å². The molecule has 39 heavy (non-hydrogen) atoms. The maximum Gasteiger partial charge on any atom is 0.133 e. The number of methoxy groups -OCH3 is 1. The van der Waals surface area contributed by atoms with Crippen LogP contribution < -0.4 is 4.74 Å². The number of hydrogen-bond donors (Lipinski definition) is 1. The molecule has 1 spiro atoms. The molecule has 1 atom stereocenters. The van der Waals surface area contributed by atoms with Crippen LogP contribution in [0.3, 0.4) is 0 Å². The van der Waals surface area contributed by atoms with Gasteiger partial charge in [-0.05, 0) is 108 Å². The Bertz CT molecular complexity index is 1410. The lowest BCUT2D eigenvalue weighted by Crippen LogP contribution is -2.43. The largest absolute Gasteiger partial charge is 0.507 e. The summed E-state index contributed by atoms with van der Waals surface area (Å²) in [6.45, 7) is 0. The normalized spacial score (nSPS) is 24.7. The molecule has 7 rings (SSSR count). The molecule has 1 N–H and O–H groups in total. The van der Waals surface area contributed by atoms with Gasteiger partial charge in [0.2, 0.25) is 0 Å². The van der Waals surface area contributed by atoms with E-state index in [4.69, 9.17) is 4.74 Å². The molecule has 0 amide bonds. The van der Waals surface area contributed by atoms with Gasteiger partial charge in [-0.1, -0.05) is 74.9 Å². The second-order valence-electron chi connectivity index (χ2n) is 12.7. The highest BCUT2D eigenvalue weighted by atomic mass is 32.2. The zero-order valence-corrected chi connectivity index (χ0v) is 24.4. The molecule has 204 valence electrons. The van der Waals surface area contributed by atoms with Gasteiger partial charge < -0.3 is 9.84 Å². The second-order valence-corrected chi connectivity index (χ2v) is 13.6. The lowest BCUT2D eigenvalue weighted by molar-refractivity contribution is 0.0485. The van der Waals surface area contributed by atoms with Gasteiger partial charge in [-0.15, -0.1) is 11.8 Å². The number of benzene rings is 3. The van der Waals surface area contributed by atoms with Gasteiger partial charge >= 0.3 is 0 Å². The van der Waals surface area contributed by atoms with Crippen molar-refractivity contribution in [1.29, 1.82) is 0 Å². The zero-order chi connectivity index (χ0) is 26.6. The lowest BCUT2D eigenvalue weighted by atomic mass is 9.52. The van der Waals surface area contributed by atoms with Crippen molar-refractivity contribution in [2.24, 2.45) is 17.3 Å². The summed E-state index contributed by atoms with van der Waals surface area (Å²) in [6.07, 6.45) is 23.9. The van der Waals surface area contributed by atoms with E-state index in [1.807, 2.05) is 0 Å². The molecule has 2 nitrogen and oxygen atoms in total. The maximum absolute atomic E-state index is 11.4. The van der Waals surface area contributed by atoms with Crippen LogP contribution in [0.4, 0.5) is 0 Å². The SMILES string of the molecule is COc1cc2c3c(cc(O)c2cc1SC)C1(C=CC(C2CCCCC2)(C2CCCCC2)CC1)c1ccccc1-3. The molecule has 0 heterocycles. The van der Waals surface area contributed by atoms with E-state index in [2.05, 4.69) is 60.9 Å². The van der Waals surface area contributed by atoms with Crippen LogP contribution in [0, 0.1) is 17.3 Å². The minimum atomic E-state index is -0.171. The van der Waals surface area contributed by atoms with Crippen LogP contribution in [-0.2, 0) is 5.41 Å². The highest BCUT2D eigenvalue weighted by molar-refractivity contribution is 7.98. The fourth-order valence-electron chi connectivity index (χ4n) is 9.23. The monoisotopic (exact) mass is 538 g/mol. The van der Waals surface area contributed by atoms with E-state index in [9.17, 15) is 5.11 Å². The van der Waals surface area contributed by atoms with Crippen molar-refractivity contribution >= 4 is 22.5 Å². The van der Waals surface area contributed by atoms with Crippen molar-refractivity contribution in [3.8, 4) is 22.6 Å². The van der Waals surface area contributed by atoms with Crippen molar-refractivity contribution in [3.63, 3.8) is 0 Å². The quantitative estimate of drug-likeness (QED) is 0.265. The Morgan fingerprint density at radius 1 is 0.795 bits per heavy atom. The summed E-state index contributed by atoms with van der Waals surface area (Å²) in [5.41, 5.74) is 5.48. The molecule has 3 heteroatoms. The Balaban J connectivity index is 1.42. The van der Waals surface area contributed by atoms with Crippen LogP contribution in [0.2, 0.25) is 0 Å². The number of fused-ring (bicyclic) bond motifs is 7. The third kappa shape index (κ3) is 3.82. The van der Waals surface area contributed by atoms with Gasteiger partial charge in [0.15, 0.2) is 0 Å². The molecule has 3 aromatic rings. The molecule has 1 unspecified atom stereocenters. The van der Waals surface area contributed by atoms with Gasteiger partial charge in [-0.3, -0.25) is 0 Å². The smallest absolute Gasteiger partial charge is 0.133 e. The van der Waals surface area contributed by atoms with E-state index in [0.29, 0.717) is 11.2 Å². The summed E-state index contributed by atoms with van der Waals surface area (Å²) < 4.78 is 5.81. The molecular weight excluding hydrogens is 496 g/mol. The Morgan fingerprint density at radius 2 is 1.49 bits per heavy atom. The predicted molar refractivity (Wildman–Crippen MR) is 164 cm³/mol. The molecule has 0 saturated heterocycles. The molecule has 0 bridgehead atoms. The summed E-state index contributed by atoms with van der Waals surface area (Å²) in [6, 6.07) is 15.4. The van der Waals surface area contributed by atoms with Gasteiger partial charge in [-0.2, -0.15) is 0 Å². The molecule has 0 aromatic heterocycles. The molecule has 2 fully saturated rings. The molecule has 0 aliphatic heterocycles. The van der Waals surface area contributed by atoms with Gasteiger partial charge in [0.1, 0.15) is 11.5 Å². The minimum absolute atomic E-state index is 0.171. The van der Waals surface area contributed by atoms with Crippen molar-refractivity contribution < 1.29 is 9.84 Å². The molecule has 3 aromatic carbocycles. The van der Waals surface area contributed by atoms with Gasteiger partial charge in [0.25, 0.3) is 0 Å². The van der Waals surface area contributed by atoms with E-state index >= 15 is 0 Å². The molecular formula is C36H42O2S. The number of ether oxygens (including phenoxy) is 1. The zero-order valence-electron chi connectivity index (χ0n) is 23.6. The van der Waals surface area contributed by atoms with Crippen LogP contribution in [0.5, 0.6) is 11.5 Å². The standard InChI is InChI=1S/C36H42O2S/c1-38-32-21-28-27(22-33(32)39-2)31(37)23-30-34(28)26-15-9-10-16-29(26)36(30)19-17-35(18-20-36,24-11-5-3-6-12-24)25-13-7-4-8-14-25/h9-10,15-17,19,21-25,37H,3-8,11-14,18,20H2,1-2H3. The Labute approximate surface area is 238 Å². The average Bonchev–Trinajstić information content (AvgIpc) is 3.27. The van der Waals surface area contributed by atoms with E-state index < -0.39 is 0 Å². The summed E-state index contributed by atoms with van der Waals surface area (Å²) in [4.78, 5) is 1.06. The Kier molecular flexibility index (Phi) is 6.50. The van der Waals surface area contributed by atoms with E-state index in [1.54, 1.807) is 18.9 Å². The lowest BCUT2D eigenvalue weighted by Gasteiger charge is -2.52. The summed E-state index contributed by atoms with van der Waals surface area (Å²) in [7, 11) is 1.75. The van der Waals surface area contributed by atoms with Gasteiger partial charge in [0, 0.05) is 15.7 Å². The fourth-order valence-corrected chi connectivity index (χ4v) is 9.81. The first-order valence-corrected chi connectivity index (χ1v) is 16.6. The van der Waals surface area contributed by atoms with E-state index in [0.717, 1.165) is 39.7 Å². The topological polar surface area (TPSA) is 29.5 Å². The Hall–Kier alpha value is -2.39. The first-order chi connectivity index (χ1) is 19.1. The Morgan fingerprint density at radius 3 is 2.10 bits per heavy atom. The van der Waals surface area contributed by atoms with Crippen LogP contribution in [-0.4, -0.2) is 18.5 Å². The number of phenolic OH excluding ortho intramolecular Hbond substituents is 1. The summed E-state index contributed by atoms with van der Waals surface area (Å²) in [5, 5.41) is 13.5. The highest BCUT2D eigenvalue weighted by Gasteiger charge is 2.51. The number of hydrogen-bond acceptors (Lipinski definition) is 3. The first-order valence-electron chi connectivity index (χ1n) is 15.3. The average molecular weight is 539 g/mol. The van der Waals surface area contributed by atoms with Crippen molar-refractivity contribution in [2.75, 3.05) is 13.4 Å². The number of allylic oxidation sites excluding steroid dienone is 2. The van der Waals surface area contributed by atoms with E-state index in [-0.39, 0.29) is 5.41 Å². The van der Waals surface area contributed by atoms with Crippen LogP contribution >= 0.6 is 11.8 Å². The highest BCUT2D eigenvalue weighted by Crippen LogP contribution is 2.62. The third-order valence-electron chi connectivity index (χ3n) is 11.1. The molecule has 0 radical (unpaired) electrons. The van der Waals surface area contributed by atoms with Gasteiger partial charge in [-0.25, -0.2) is 0 Å². The summed E-state index contributed by atoms with van der Waals surface area (Å²) >= 11 is 1.66. The first kappa shape index (κ1) is 25.6. The summed E-state index contributed by atoms with van der Waals surface area (Å²) in [5.74, 6) is 2.93. The fraction of sp³-hybridized carbons (Fsp3) is 0.500. The van der Waals surface area contributed by atoms with Crippen LogP contribution in [0.15, 0.2) is 59.5 Å². The molecule has 4 aliphatic carbocycles. The second kappa shape index (κ2) is 9.91. The predicted octanol–water partition coefficient (Wildman–Crippen LogP) is 10.0.